The van der Waals surface area contributed by atoms with Crippen molar-refractivity contribution in [2.24, 2.45) is 0 Å². The zero-order valence-corrected chi connectivity index (χ0v) is 19.6. The molecule has 0 aliphatic carbocycles. The number of thioether (sulfide) groups is 1. The van der Waals surface area contributed by atoms with E-state index < -0.39 is 0 Å². The maximum absolute atomic E-state index is 12.4. The monoisotopic (exact) mass is 467 g/mol. The van der Waals surface area contributed by atoms with Gasteiger partial charge in [-0.05, 0) is 41.6 Å². The van der Waals surface area contributed by atoms with Crippen molar-refractivity contribution >= 4 is 63.3 Å². The molecule has 1 amide bonds. The van der Waals surface area contributed by atoms with Gasteiger partial charge in [0.05, 0.1) is 11.4 Å². The Morgan fingerprint density at radius 3 is 2.81 bits per heavy atom. The summed E-state index contributed by atoms with van der Waals surface area (Å²) in [6, 6.07) is 12.0. The number of nitrogens with zero attached hydrogens (tertiary/aromatic N) is 4. The molecule has 6 nitrogen and oxygen atoms in total. The number of aryl methyl sites for hydroxylation is 1. The fourth-order valence-electron chi connectivity index (χ4n) is 2.98. The number of aromatic amines is 1. The zero-order valence-electron chi connectivity index (χ0n) is 17.1. The third-order valence-corrected chi connectivity index (χ3v) is 7.03. The SMILES string of the molecule is CCc1ccccc1N(C(C)=O)c1nc(CSc2n[nH]c(/C=C/c3cccs3)n2)cs1. The number of amides is 1. The summed E-state index contributed by atoms with van der Waals surface area (Å²) in [5, 5.41) is 12.6. The lowest BCUT2D eigenvalue weighted by atomic mass is 10.1. The second-order valence-electron chi connectivity index (χ2n) is 6.60. The number of benzene rings is 1. The highest BCUT2D eigenvalue weighted by molar-refractivity contribution is 7.98. The summed E-state index contributed by atoms with van der Waals surface area (Å²) in [5.74, 6) is 1.29. The van der Waals surface area contributed by atoms with Gasteiger partial charge in [-0.3, -0.25) is 14.8 Å². The lowest BCUT2D eigenvalue weighted by molar-refractivity contribution is -0.115. The number of para-hydroxylation sites is 1. The van der Waals surface area contributed by atoms with Crippen molar-refractivity contribution in [3.05, 3.63) is 69.1 Å². The summed E-state index contributed by atoms with van der Waals surface area (Å²) in [6.45, 7) is 3.66. The topological polar surface area (TPSA) is 74.8 Å². The first-order chi connectivity index (χ1) is 15.1. The lowest BCUT2D eigenvalue weighted by Gasteiger charge is -2.20. The van der Waals surface area contributed by atoms with Crippen LogP contribution in [0.3, 0.4) is 0 Å². The fourth-order valence-corrected chi connectivity index (χ4v) is 5.28. The molecule has 3 aromatic heterocycles. The molecule has 4 rings (SSSR count). The van der Waals surface area contributed by atoms with Crippen molar-refractivity contribution in [1.82, 2.24) is 20.2 Å². The molecule has 0 radical (unpaired) electrons. The summed E-state index contributed by atoms with van der Waals surface area (Å²) in [7, 11) is 0. The van der Waals surface area contributed by atoms with Crippen molar-refractivity contribution in [2.45, 2.75) is 31.2 Å². The number of carbonyl (C=O) groups excluding carboxylic acids is 1. The molecule has 9 heteroatoms. The van der Waals surface area contributed by atoms with Crippen molar-refractivity contribution in [1.29, 1.82) is 0 Å². The second kappa shape index (κ2) is 10.0. The van der Waals surface area contributed by atoms with Gasteiger partial charge in [0.2, 0.25) is 11.1 Å². The Morgan fingerprint density at radius 1 is 1.16 bits per heavy atom. The molecule has 0 aliphatic heterocycles. The Kier molecular flexibility index (Phi) is 6.96. The highest BCUT2D eigenvalue weighted by atomic mass is 32.2. The third kappa shape index (κ3) is 5.30. The first-order valence-corrected chi connectivity index (χ1v) is 12.5. The number of rotatable bonds is 8. The van der Waals surface area contributed by atoms with E-state index in [1.165, 1.54) is 28.0 Å². The number of aromatic nitrogens is 4. The predicted molar refractivity (Wildman–Crippen MR) is 130 cm³/mol. The van der Waals surface area contributed by atoms with Gasteiger partial charge in [-0.2, -0.15) is 0 Å². The number of nitrogens with one attached hydrogen (secondary N) is 1. The molecule has 3 heterocycles. The number of carbonyl (C=O) groups is 1. The maximum Gasteiger partial charge on any atom is 0.230 e. The van der Waals surface area contributed by atoms with Crippen LogP contribution in [-0.2, 0) is 17.0 Å². The van der Waals surface area contributed by atoms with E-state index in [1.807, 2.05) is 53.2 Å². The molecule has 31 heavy (non-hydrogen) atoms. The average Bonchev–Trinajstić information content (AvgIpc) is 3.53. The zero-order chi connectivity index (χ0) is 21.6. The number of hydrogen-bond acceptors (Lipinski definition) is 7. The minimum absolute atomic E-state index is 0.0504. The van der Waals surface area contributed by atoms with E-state index in [9.17, 15) is 4.79 Å². The molecule has 0 atom stereocenters. The quantitative estimate of drug-likeness (QED) is 0.320. The molecular formula is C22H21N5OS3. The maximum atomic E-state index is 12.4. The third-order valence-electron chi connectivity index (χ3n) is 4.44. The van der Waals surface area contributed by atoms with Crippen molar-refractivity contribution in [3.63, 3.8) is 0 Å². The van der Waals surface area contributed by atoms with E-state index in [-0.39, 0.29) is 5.91 Å². The van der Waals surface area contributed by atoms with E-state index in [2.05, 4.69) is 28.2 Å². The van der Waals surface area contributed by atoms with Gasteiger partial charge < -0.3 is 0 Å². The average molecular weight is 468 g/mol. The minimum Gasteiger partial charge on any atom is -0.274 e. The molecule has 4 aromatic rings. The number of H-pyrrole nitrogens is 1. The van der Waals surface area contributed by atoms with Gasteiger partial charge >= 0.3 is 0 Å². The van der Waals surface area contributed by atoms with Crippen molar-refractivity contribution in [3.8, 4) is 0 Å². The largest absolute Gasteiger partial charge is 0.274 e. The van der Waals surface area contributed by atoms with Crippen LogP contribution in [0.15, 0.2) is 52.3 Å². The Labute approximate surface area is 193 Å². The highest BCUT2D eigenvalue weighted by Crippen LogP contribution is 2.33. The van der Waals surface area contributed by atoms with Crippen LogP contribution in [0.2, 0.25) is 0 Å². The van der Waals surface area contributed by atoms with Gasteiger partial charge in [-0.25, -0.2) is 9.97 Å². The van der Waals surface area contributed by atoms with Gasteiger partial charge in [0.1, 0.15) is 5.82 Å². The second-order valence-corrected chi connectivity index (χ2v) is 9.36. The van der Waals surface area contributed by atoms with Crippen molar-refractivity contribution < 1.29 is 4.79 Å². The summed E-state index contributed by atoms with van der Waals surface area (Å²) in [6.07, 6.45) is 4.78. The van der Waals surface area contributed by atoms with E-state index in [4.69, 9.17) is 4.98 Å². The Bertz CT molecular complexity index is 1180. The van der Waals surface area contributed by atoms with Gasteiger partial charge in [0.25, 0.3) is 0 Å². The van der Waals surface area contributed by atoms with Crippen LogP contribution in [0, 0.1) is 0 Å². The molecule has 0 spiro atoms. The Balaban J connectivity index is 1.43. The van der Waals surface area contributed by atoms with Gasteiger partial charge in [-0.1, -0.05) is 43.0 Å². The van der Waals surface area contributed by atoms with Crippen LogP contribution in [0.4, 0.5) is 10.8 Å². The van der Waals surface area contributed by atoms with Crippen LogP contribution in [-0.4, -0.2) is 26.1 Å². The van der Waals surface area contributed by atoms with Crippen molar-refractivity contribution in [2.75, 3.05) is 4.90 Å². The molecule has 0 unspecified atom stereocenters. The fraction of sp³-hybridized carbons (Fsp3) is 0.182. The lowest BCUT2D eigenvalue weighted by Crippen LogP contribution is -2.23. The highest BCUT2D eigenvalue weighted by Gasteiger charge is 2.20. The number of anilines is 2. The summed E-state index contributed by atoms with van der Waals surface area (Å²) in [5.41, 5.74) is 2.90. The van der Waals surface area contributed by atoms with E-state index in [1.54, 1.807) is 23.2 Å². The summed E-state index contributed by atoms with van der Waals surface area (Å²) >= 11 is 4.65. The molecule has 0 fully saturated rings. The van der Waals surface area contributed by atoms with Gasteiger partial charge in [-0.15, -0.1) is 27.8 Å². The summed E-state index contributed by atoms with van der Waals surface area (Å²) < 4.78 is 0. The van der Waals surface area contributed by atoms with Crippen LogP contribution in [0.25, 0.3) is 12.2 Å². The Hall–Kier alpha value is -2.75. The molecule has 1 N–H and O–H groups in total. The molecule has 158 valence electrons. The first-order valence-electron chi connectivity index (χ1n) is 9.74. The summed E-state index contributed by atoms with van der Waals surface area (Å²) in [4.78, 5) is 24.5. The van der Waals surface area contributed by atoms with Gasteiger partial charge in [0, 0.05) is 22.9 Å². The van der Waals surface area contributed by atoms with E-state index in [0.29, 0.717) is 21.9 Å². The molecule has 0 aliphatic rings. The van der Waals surface area contributed by atoms with Crippen LogP contribution in [0.5, 0.6) is 0 Å². The normalized spacial score (nSPS) is 11.3. The molecule has 0 bridgehead atoms. The van der Waals surface area contributed by atoms with Crippen LogP contribution < -0.4 is 4.90 Å². The number of thiophene rings is 1. The standard InChI is InChI=1S/C22H21N5OS3/c1-3-16-7-4-5-9-19(16)27(15(2)28)22-23-17(14-31-22)13-30-21-24-20(25-26-21)11-10-18-8-6-12-29-18/h4-12,14H,3,13H2,1-2H3,(H,24,25,26)/b11-10+. The van der Waals surface area contributed by atoms with Crippen LogP contribution in [0.1, 0.15) is 35.8 Å². The van der Waals surface area contributed by atoms with Crippen LogP contribution >= 0.6 is 34.4 Å². The smallest absolute Gasteiger partial charge is 0.230 e. The molecular weight excluding hydrogens is 446 g/mol. The molecule has 0 saturated heterocycles. The Morgan fingerprint density at radius 2 is 2.03 bits per heavy atom. The molecule has 1 aromatic carbocycles. The van der Waals surface area contributed by atoms with E-state index in [0.717, 1.165) is 23.4 Å². The molecule has 0 saturated carbocycles. The predicted octanol–water partition coefficient (Wildman–Crippen LogP) is 6.03. The minimum atomic E-state index is -0.0504. The number of hydrogen-bond donors (Lipinski definition) is 1. The first kappa shape index (κ1) is 21.5. The number of thiazole rings is 1. The van der Waals surface area contributed by atoms with Gasteiger partial charge in [0.15, 0.2) is 5.13 Å². The van der Waals surface area contributed by atoms with E-state index >= 15 is 0 Å².